The van der Waals surface area contributed by atoms with Crippen LogP contribution in [-0.2, 0) is 9.53 Å². The van der Waals surface area contributed by atoms with Gasteiger partial charge in [-0.3, -0.25) is 0 Å². The van der Waals surface area contributed by atoms with E-state index in [0.717, 1.165) is 16.5 Å². The number of halogens is 1. The van der Waals surface area contributed by atoms with E-state index >= 15 is 0 Å². The van der Waals surface area contributed by atoms with Crippen molar-refractivity contribution in [2.24, 2.45) is 0 Å². The van der Waals surface area contributed by atoms with Crippen molar-refractivity contribution >= 4 is 21.9 Å². The molecule has 0 aromatic carbocycles. The lowest BCUT2D eigenvalue weighted by molar-refractivity contribution is -0.137. The number of allylic oxidation sites excluding steroid dienone is 5. The Balaban J connectivity index is 2.38. The average Bonchev–Trinajstić information content (AvgIpc) is 2.49. The maximum Gasteiger partial charge on any atom is 0.330 e. The first-order chi connectivity index (χ1) is 6.22. The Labute approximate surface area is 86.1 Å². The lowest BCUT2D eigenvalue weighted by Crippen LogP contribution is -1.98. The van der Waals surface area contributed by atoms with E-state index in [1.54, 1.807) is 13.0 Å². The highest BCUT2D eigenvalue weighted by Gasteiger charge is 2.02. The number of rotatable bonds is 3. The van der Waals surface area contributed by atoms with Gasteiger partial charge in [0.2, 0.25) is 0 Å². The van der Waals surface area contributed by atoms with Gasteiger partial charge in [0.1, 0.15) is 0 Å². The SMILES string of the molecule is CCOC(=O)/C=C/C1=CC=C(Br)C1. The smallest absolute Gasteiger partial charge is 0.330 e. The zero-order valence-corrected chi connectivity index (χ0v) is 9.00. The third kappa shape index (κ3) is 3.59. The first kappa shape index (κ1) is 10.3. The Hall–Kier alpha value is -0.830. The van der Waals surface area contributed by atoms with Crippen molar-refractivity contribution in [1.29, 1.82) is 0 Å². The normalized spacial score (nSPS) is 15.8. The lowest BCUT2D eigenvalue weighted by Gasteiger charge is -1.95. The third-order valence-corrected chi connectivity index (χ3v) is 2.12. The highest BCUT2D eigenvalue weighted by molar-refractivity contribution is 9.11. The lowest BCUT2D eigenvalue weighted by atomic mass is 10.2. The predicted octanol–water partition coefficient (Wildman–Crippen LogP) is 2.71. The minimum absolute atomic E-state index is 0.286. The van der Waals surface area contributed by atoms with Gasteiger partial charge in [0, 0.05) is 12.5 Å². The molecule has 1 rings (SSSR count). The fraction of sp³-hybridized carbons (Fsp3) is 0.300. The highest BCUT2D eigenvalue weighted by atomic mass is 79.9. The van der Waals surface area contributed by atoms with Crippen molar-refractivity contribution in [2.45, 2.75) is 13.3 Å². The molecule has 0 radical (unpaired) electrons. The van der Waals surface area contributed by atoms with Gasteiger partial charge in [-0.1, -0.05) is 34.2 Å². The molecule has 0 saturated carbocycles. The Morgan fingerprint density at radius 2 is 2.46 bits per heavy atom. The first-order valence-corrected chi connectivity index (χ1v) is 4.91. The van der Waals surface area contributed by atoms with E-state index in [1.165, 1.54) is 6.08 Å². The van der Waals surface area contributed by atoms with Crippen molar-refractivity contribution in [2.75, 3.05) is 6.61 Å². The van der Waals surface area contributed by atoms with Gasteiger partial charge in [0.15, 0.2) is 0 Å². The summed E-state index contributed by atoms with van der Waals surface area (Å²) < 4.78 is 5.88. The van der Waals surface area contributed by atoms with Crippen LogP contribution in [0.4, 0.5) is 0 Å². The minimum Gasteiger partial charge on any atom is -0.463 e. The van der Waals surface area contributed by atoms with Gasteiger partial charge in [-0.2, -0.15) is 0 Å². The molecule has 0 spiro atoms. The molecule has 0 bridgehead atoms. The summed E-state index contributed by atoms with van der Waals surface area (Å²) in [6.07, 6.45) is 8.04. The minimum atomic E-state index is -0.286. The molecular weight excluding hydrogens is 232 g/mol. The standard InChI is InChI=1S/C10H11BrO2/c1-2-13-10(12)6-4-8-3-5-9(11)7-8/h3-6H,2,7H2,1H3/b6-4+. The molecule has 0 heterocycles. The molecule has 0 amide bonds. The second kappa shape index (κ2) is 5.02. The van der Waals surface area contributed by atoms with Gasteiger partial charge < -0.3 is 4.74 Å². The van der Waals surface area contributed by atoms with Gasteiger partial charge in [-0.05, 0) is 17.0 Å². The summed E-state index contributed by atoms with van der Waals surface area (Å²) in [6, 6.07) is 0. The van der Waals surface area contributed by atoms with E-state index in [-0.39, 0.29) is 5.97 Å². The fourth-order valence-corrected chi connectivity index (χ4v) is 1.45. The molecular formula is C10H11BrO2. The summed E-state index contributed by atoms with van der Waals surface area (Å²) in [6.45, 7) is 2.21. The number of hydrogen-bond donors (Lipinski definition) is 0. The van der Waals surface area contributed by atoms with Crippen LogP contribution in [0, 0.1) is 0 Å². The molecule has 13 heavy (non-hydrogen) atoms. The largest absolute Gasteiger partial charge is 0.463 e. The van der Waals surface area contributed by atoms with Gasteiger partial charge in [0.05, 0.1) is 6.61 Å². The summed E-state index contributed by atoms with van der Waals surface area (Å²) in [4.78, 5) is 10.9. The summed E-state index contributed by atoms with van der Waals surface area (Å²) in [5.41, 5.74) is 1.11. The van der Waals surface area contributed by atoms with Crippen LogP contribution in [0.5, 0.6) is 0 Å². The van der Waals surface area contributed by atoms with Gasteiger partial charge in [-0.25, -0.2) is 4.79 Å². The Bertz CT molecular complexity index is 287. The van der Waals surface area contributed by atoms with Gasteiger partial charge in [-0.15, -0.1) is 0 Å². The van der Waals surface area contributed by atoms with Crippen molar-refractivity contribution in [3.05, 3.63) is 34.4 Å². The molecule has 1 aliphatic rings. The maximum atomic E-state index is 10.9. The van der Waals surface area contributed by atoms with Crippen LogP contribution in [0.15, 0.2) is 34.4 Å². The topological polar surface area (TPSA) is 26.3 Å². The second-order valence-electron chi connectivity index (χ2n) is 2.62. The fourth-order valence-electron chi connectivity index (χ4n) is 0.990. The zero-order valence-electron chi connectivity index (χ0n) is 7.42. The van der Waals surface area contributed by atoms with E-state index in [4.69, 9.17) is 4.74 Å². The molecule has 0 N–H and O–H groups in total. The van der Waals surface area contributed by atoms with E-state index in [9.17, 15) is 4.79 Å². The summed E-state index contributed by atoms with van der Waals surface area (Å²) in [5.74, 6) is -0.286. The predicted molar refractivity (Wildman–Crippen MR) is 55.5 cm³/mol. The third-order valence-electron chi connectivity index (χ3n) is 1.57. The first-order valence-electron chi connectivity index (χ1n) is 4.12. The Morgan fingerprint density at radius 3 is 3.00 bits per heavy atom. The van der Waals surface area contributed by atoms with Gasteiger partial charge in [0.25, 0.3) is 0 Å². The van der Waals surface area contributed by atoms with Crippen molar-refractivity contribution in [3.8, 4) is 0 Å². The molecule has 2 nitrogen and oxygen atoms in total. The van der Waals surface area contributed by atoms with Crippen LogP contribution in [0.3, 0.4) is 0 Å². The van der Waals surface area contributed by atoms with Crippen LogP contribution in [-0.4, -0.2) is 12.6 Å². The monoisotopic (exact) mass is 242 g/mol. The van der Waals surface area contributed by atoms with E-state index in [2.05, 4.69) is 15.9 Å². The summed E-state index contributed by atoms with van der Waals surface area (Å²) in [7, 11) is 0. The van der Waals surface area contributed by atoms with Gasteiger partial charge >= 0.3 is 5.97 Å². The van der Waals surface area contributed by atoms with E-state index in [1.807, 2.05) is 12.2 Å². The summed E-state index contributed by atoms with van der Waals surface area (Å²) >= 11 is 3.38. The molecule has 3 heteroatoms. The van der Waals surface area contributed by atoms with Crippen LogP contribution >= 0.6 is 15.9 Å². The molecule has 0 unspecified atom stereocenters. The van der Waals surface area contributed by atoms with E-state index in [0.29, 0.717) is 6.61 Å². The Morgan fingerprint density at radius 1 is 1.69 bits per heavy atom. The van der Waals surface area contributed by atoms with Crippen molar-refractivity contribution in [3.63, 3.8) is 0 Å². The maximum absolute atomic E-state index is 10.9. The molecule has 0 aromatic heterocycles. The molecule has 1 aliphatic carbocycles. The Kier molecular flexibility index (Phi) is 3.96. The zero-order chi connectivity index (χ0) is 9.68. The highest BCUT2D eigenvalue weighted by Crippen LogP contribution is 2.24. The average molecular weight is 243 g/mol. The molecule has 0 atom stereocenters. The van der Waals surface area contributed by atoms with Crippen LogP contribution in [0.1, 0.15) is 13.3 Å². The van der Waals surface area contributed by atoms with Crippen molar-refractivity contribution in [1.82, 2.24) is 0 Å². The van der Waals surface area contributed by atoms with Crippen LogP contribution in [0.2, 0.25) is 0 Å². The number of ether oxygens (including phenoxy) is 1. The molecule has 0 aromatic rings. The number of esters is 1. The van der Waals surface area contributed by atoms with E-state index < -0.39 is 0 Å². The number of hydrogen-bond acceptors (Lipinski definition) is 2. The molecule has 0 saturated heterocycles. The molecule has 0 fully saturated rings. The van der Waals surface area contributed by atoms with Crippen LogP contribution in [0.25, 0.3) is 0 Å². The molecule has 0 aliphatic heterocycles. The second-order valence-corrected chi connectivity index (χ2v) is 3.64. The number of carbonyl (C=O) groups is 1. The summed E-state index contributed by atoms with van der Waals surface area (Å²) in [5, 5.41) is 0. The van der Waals surface area contributed by atoms with Crippen LogP contribution < -0.4 is 0 Å². The number of carbonyl (C=O) groups excluding carboxylic acids is 1. The molecule has 70 valence electrons. The van der Waals surface area contributed by atoms with Crippen molar-refractivity contribution < 1.29 is 9.53 Å². The quantitative estimate of drug-likeness (QED) is 0.562.